The van der Waals surface area contributed by atoms with E-state index >= 15 is 0 Å². The van der Waals surface area contributed by atoms with Crippen LogP contribution in [0.3, 0.4) is 0 Å². The lowest BCUT2D eigenvalue weighted by atomic mass is 9.72. The zero-order valence-electron chi connectivity index (χ0n) is 9.73. The average Bonchev–Trinajstić information content (AvgIpc) is 2.01. The lowest BCUT2D eigenvalue weighted by molar-refractivity contribution is -0.123. The van der Waals surface area contributed by atoms with Crippen molar-refractivity contribution in [1.29, 1.82) is 0 Å². The molecule has 0 aromatic carbocycles. The molecule has 1 aliphatic carbocycles. The van der Waals surface area contributed by atoms with E-state index in [9.17, 15) is 4.79 Å². The first kappa shape index (κ1) is 11.5. The molecule has 80 valence electrons. The van der Waals surface area contributed by atoms with Crippen LogP contribution in [-0.2, 0) is 4.79 Å². The third-order valence-corrected chi connectivity index (χ3v) is 3.16. The van der Waals surface area contributed by atoms with E-state index in [4.69, 9.17) is 0 Å². The lowest BCUT2D eigenvalue weighted by Gasteiger charge is -2.32. The van der Waals surface area contributed by atoms with E-state index in [1.165, 1.54) is 18.4 Å². The van der Waals surface area contributed by atoms with E-state index in [-0.39, 0.29) is 0 Å². The van der Waals surface area contributed by atoms with Gasteiger partial charge in [0.15, 0.2) is 0 Å². The molecule has 0 amide bonds. The van der Waals surface area contributed by atoms with E-state index in [1.807, 2.05) is 0 Å². The minimum atomic E-state index is 0.293. The lowest BCUT2D eigenvalue weighted by Crippen LogP contribution is -2.25. The van der Waals surface area contributed by atoms with Crippen LogP contribution < -0.4 is 0 Å². The minimum Gasteiger partial charge on any atom is -0.300 e. The first-order valence-electron chi connectivity index (χ1n) is 5.67. The highest BCUT2D eigenvalue weighted by Crippen LogP contribution is 2.38. The second kappa shape index (κ2) is 4.77. The monoisotopic (exact) mass is 194 g/mol. The molecule has 1 heteroatoms. The Bertz CT molecular complexity index is 236. The SMILES string of the molecule is CC(C)=CCC[C@@]1(C)CCCC(=O)C1. The van der Waals surface area contributed by atoms with Crippen LogP contribution in [0.2, 0.25) is 0 Å². The maximum Gasteiger partial charge on any atom is 0.133 e. The summed E-state index contributed by atoms with van der Waals surface area (Å²) in [6.45, 7) is 6.53. The van der Waals surface area contributed by atoms with Gasteiger partial charge in [-0.3, -0.25) is 4.79 Å². The van der Waals surface area contributed by atoms with Gasteiger partial charge in [-0.05, 0) is 44.9 Å². The highest BCUT2D eigenvalue weighted by Gasteiger charge is 2.29. The number of hydrogen-bond donors (Lipinski definition) is 0. The number of ketones is 1. The summed E-state index contributed by atoms with van der Waals surface area (Å²) in [6, 6.07) is 0. The Morgan fingerprint density at radius 2 is 2.21 bits per heavy atom. The maximum atomic E-state index is 11.4. The minimum absolute atomic E-state index is 0.293. The predicted octanol–water partition coefficient (Wildman–Crippen LogP) is 3.88. The molecule has 1 saturated carbocycles. The third kappa shape index (κ3) is 3.65. The Morgan fingerprint density at radius 3 is 2.79 bits per heavy atom. The molecular weight excluding hydrogens is 172 g/mol. The molecule has 0 aliphatic heterocycles. The summed E-state index contributed by atoms with van der Waals surface area (Å²) in [5, 5.41) is 0. The topological polar surface area (TPSA) is 17.1 Å². The third-order valence-electron chi connectivity index (χ3n) is 3.16. The van der Waals surface area contributed by atoms with Gasteiger partial charge >= 0.3 is 0 Å². The van der Waals surface area contributed by atoms with Crippen LogP contribution in [0, 0.1) is 5.41 Å². The van der Waals surface area contributed by atoms with Gasteiger partial charge in [-0.1, -0.05) is 18.6 Å². The Labute approximate surface area is 87.6 Å². The van der Waals surface area contributed by atoms with E-state index in [2.05, 4.69) is 26.8 Å². The van der Waals surface area contributed by atoms with Crippen LogP contribution >= 0.6 is 0 Å². The van der Waals surface area contributed by atoms with E-state index in [1.54, 1.807) is 0 Å². The molecule has 14 heavy (non-hydrogen) atoms. The van der Waals surface area contributed by atoms with Crippen molar-refractivity contribution in [1.82, 2.24) is 0 Å². The first-order chi connectivity index (χ1) is 6.52. The van der Waals surface area contributed by atoms with Crippen LogP contribution in [0.1, 0.15) is 59.3 Å². The first-order valence-corrected chi connectivity index (χ1v) is 5.67. The largest absolute Gasteiger partial charge is 0.300 e. The van der Waals surface area contributed by atoms with Gasteiger partial charge in [0.1, 0.15) is 5.78 Å². The molecule has 1 fully saturated rings. The molecule has 1 rings (SSSR count). The Morgan fingerprint density at radius 1 is 1.50 bits per heavy atom. The van der Waals surface area contributed by atoms with Gasteiger partial charge in [0.25, 0.3) is 0 Å². The van der Waals surface area contributed by atoms with Crippen molar-refractivity contribution in [2.24, 2.45) is 5.41 Å². The van der Waals surface area contributed by atoms with Gasteiger partial charge in [-0.15, -0.1) is 0 Å². The zero-order valence-corrected chi connectivity index (χ0v) is 9.73. The van der Waals surface area contributed by atoms with Crippen LogP contribution in [0.4, 0.5) is 0 Å². The molecule has 0 aromatic heterocycles. The average molecular weight is 194 g/mol. The van der Waals surface area contributed by atoms with Crippen molar-refractivity contribution < 1.29 is 4.79 Å². The molecule has 1 atom stereocenters. The number of rotatable bonds is 3. The van der Waals surface area contributed by atoms with Gasteiger partial charge in [-0.25, -0.2) is 0 Å². The second-order valence-corrected chi connectivity index (χ2v) is 5.20. The van der Waals surface area contributed by atoms with Crippen molar-refractivity contribution in [2.75, 3.05) is 0 Å². The van der Waals surface area contributed by atoms with Crippen LogP contribution in [-0.4, -0.2) is 5.78 Å². The summed E-state index contributed by atoms with van der Waals surface area (Å²) in [6.07, 6.45) is 8.54. The summed E-state index contributed by atoms with van der Waals surface area (Å²) in [7, 11) is 0. The summed E-state index contributed by atoms with van der Waals surface area (Å²) < 4.78 is 0. The fourth-order valence-electron chi connectivity index (χ4n) is 2.29. The Kier molecular flexibility index (Phi) is 3.91. The molecule has 0 saturated heterocycles. The van der Waals surface area contributed by atoms with Crippen molar-refractivity contribution in [3.63, 3.8) is 0 Å². The second-order valence-electron chi connectivity index (χ2n) is 5.20. The zero-order chi connectivity index (χ0) is 10.6. The summed E-state index contributed by atoms with van der Waals surface area (Å²) >= 11 is 0. The van der Waals surface area contributed by atoms with E-state index < -0.39 is 0 Å². The summed E-state index contributed by atoms with van der Waals surface area (Å²) in [5.74, 6) is 0.468. The molecule has 0 heterocycles. The molecule has 1 aliphatic rings. The molecular formula is C13H22O. The molecule has 0 unspecified atom stereocenters. The smallest absolute Gasteiger partial charge is 0.133 e. The van der Waals surface area contributed by atoms with Crippen molar-refractivity contribution in [2.45, 2.75) is 59.3 Å². The van der Waals surface area contributed by atoms with Gasteiger partial charge in [0, 0.05) is 12.8 Å². The normalized spacial score (nSPS) is 27.5. The van der Waals surface area contributed by atoms with E-state index in [0.717, 1.165) is 25.7 Å². The van der Waals surface area contributed by atoms with Gasteiger partial charge in [0.2, 0.25) is 0 Å². The highest BCUT2D eigenvalue weighted by molar-refractivity contribution is 5.79. The Hall–Kier alpha value is -0.590. The van der Waals surface area contributed by atoms with Crippen molar-refractivity contribution >= 4 is 5.78 Å². The van der Waals surface area contributed by atoms with Crippen LogP contribution in [0.15, 0.2) is 11.6 Å². The van der Waals surface area contributed by atoms with Crippen LogP contribution in [0.5, 0.6) is 0 Å². The van der Waals surface area contributed by atoms with Crippen molar-refractivity contribution in [3.8, 4) is 0 Å². The van der Waals surface area contributed by atoms with Gasteiger partial charge in [0.05, 0.1) is 0 Å². The number of Topliss-reactive ketones (excluding diaryl/α,β-unsaturated/α-hetero) is 1. The number of carbonyl (C=O) groups is 1. The molecule has 0 bridgehead atoms. The van der Waals surface area contributed by atoms with Gasteiger partial charge in [-0.2, -0.15) is 0 Å². The Balaban J connectivity index is 2.41. The van der Waals surface area contributed by atoms with Crippen molar-refractivity contribution in [3.05, 3.63) is 11.6 Å². The molecule has 0 aromatic rings. The molecule has 0 N–H and O–H groups in total. The van der Waals surface area contributed by atoms with Crippen LogP contribution in [0.25, 0.3) is 0 Å². The standard InChI is InChI=1S/C13H22O/c1-11(2)6-4-8-13(3)9-5-7-12(14)10-13/h6H,4-5,7-10H2,1-3H3/t13-/m0/s1. The number of carbonyl (C=O) groups excluding carboxylic acids is 1. The molecule has 0 radical (unpaired) electrons. The molecule has 0 spiro atoms. The summed E-state index contributed by atoms with van der Waals surface area (Å²) in [5.41, 5.74) is 1.68. The number of hydrogen-bond acceptors (Lipinski definition) is 1. The fourth-order valence-corrected chi connectivity index (χ4v) is 2.29. The molecule has 1 nitrogen and oxygen atoms in total. The summed E-state index contributed by atoms with van der Waals surface area (Å²) in [4.78, 5) is 11.4. The number of allylic oxidation sites excluding steroid dienone is 2. The quantitative estimate of drug-likeness (QED) is 0.623. The van der Waals surface area contributed by atoms with Gasteiger partial charge < -0.3 is 0 Å². The van der Waals surface area contributed by atoms with E-state index in [0.29, 0.717) is 11.2 Å². The maximum absolute atomic E-state index is 11.4. The fraction of sp³-hybridized carbons (Fsp3) is 0.769. The predicted molar refractivity (Wildman–Crippen MR) is 60.2 cm³/mol. The highest BCUT2D eigenvalue weighted by atomic mass is 16.1.